The Balaban J connectivity index is 3.61. The van der Waals surface area contributed by atoms with Crippen LogP contribution in [0.3, 0.4) is 0 Å². The molecular weight excluding hydrogens is 442 g/mol. The molecule has 2 N–H and O–H groups in total. The molecule has 0 saturated carbocycles. The van der Waals surface area contributed by atoms with Gasteiger partial charge in [0.25, 0.3) is 0 Å². The number of Topliss-reactive ketones (excluding diaryl/α,β-unsaturated/α-hetero) is 1. The maximum absolute atomic E-state index is 13.2. The summed E-state index contributed by atoms with van der Waals surface area (Å²) in [5.41, 5.74) is -2.11. The summed E-state index contributed by atoms with van der Waals surface area (Å²) in [5, 5.41) is 26.7. The highest BCUT2D eigenvalue weighted by atomic mass is 16.7. The number of oxime groups is 1. The highest BCUT2D eigenvalue weighted by Crippen LogP contribution is 2.35. The lowest BCUT2D eigenvalue weighted by Crippen LogP contribution is -2.56. The average Bonchev–Trinajstić information content (AvgIpc) is 2.80. The number of esters is 1. The molecule has 1 heterocycles. The highest BCUT2D eigenvalue weighted by molar-refractivity contribution is 6.00. The number of methoxy groups -OCH3 is 2. The van der Waals surface area contributed by atoms with E-state index in [9.17, 15) is 19.8 Å². The van der Waals surface area contributed by atoms with Crippen LogP contribution in [-0.4, -0.2) is 72.1 Å². The van der Waals surface area contributed by atoms with Gasteiger partial charge in [-0.25, -0.2) is 0 Å². The lowest BCUT2D eigenvalue weighted by molar-refractivity contribution is -0.186. The Morgan fingerprint density at radius 2 is 1.82 bits per heavy atom. The van der Waals surface area contributed by atoms with Crippen LogP contribution in [0.1, 0.15) is 60.8 Å². The number of aliphatic hydroxyl groups is 2. The molecule has 9 heteroatoms. The minimum atomic E-state index is -1.82. The van der Waals surface area contributed by atoms with E-state index >= 15 is 0 Å². The molecule has 0 bridgehead atoms. The number of aliphatic hydroxyl groups excluding tert-OH is 1. The first-order chi connectivity index (χ1) is 15.8. The molecule has 1 fully saturated rings. The van der Waals surface area contributed by atoms with Gasteiger partial charge < -0.3 is 29.3 Å². The van der Waals surface area contributed by atoms with Gasteiger partial charge in [-0.1, -0.05) is 32.0 Å². The zero-order valence-electron chi connectivity index (χ0n) is 21.9. The predicted octanol–water partition coefficient (Wildman–Crippen LogP) is 2.88. The molecule has 1 saturated heterocycles. The van der Waals surface area contributed by atoms with Crippen LogP contribution in [0.15, 0.2) is 17.8 Å². The van der Waals surface area contributed by atoms with Crippen molar-refractivity contribution in [1.82, 2.24) is 0 Å². The fraction of sp³-hybridized carbons (Fsp3) is 0.800. The van der Waals surface area contributed by atoms with Crippen molar-refractivity contribution in [3.63, 3.8) is 0 Å². The molecule has 0 unspecified atom stereocenters. The number of hydrogen-bond acceptors (Lipinski definition) is 9. The number of rotatable bonds is 6. The number of carbonyl (C=O) groups is 2. The molecule has 8 atom stereocenters. The van der Waals surface area contributed by atoms with Crippen LogP contribution in [-0.2, 0) is 28.6 Å². The van der Waals surface area contributed by atoms with E-state index in [1.165, 1.54) is 27.0 Å². The van der Waals surface area contributed by atoms with Gasteiger partial charge in [0.15, 0.2) is 5.78 Å². The molecule has 0 spiro atoms. The van der Waals surface area contributed by atoms with Gasteiger partial charge in [-0.05, 0) is 40.0 Å². The minimum Gasteiger partial charge on any atom is -0.459 e. The lowest BCUT2D eigenvalue weighted by atomic mass is 9.75. The molecular formula is C25H43NO8. The molecule has 1 aliphatic rings. The van der Waals surface area contributed by atoms with Crippen LogP contribution in [0, 0.1) is 23.7 Å². The molecule has 0 aromatic rings. The second-order valence-corrected chi connectivity index (χ2v) is 9.77. The summed E-state index contributed by atoms with van der Waals surface area (Å²) in [5.74, 6) is -3.72. The number of cyclic esters (lactones) is 1. The maximum Gasteiger partial charge on any atom is 0.316 e. The number of nitrogens with zero attached hydrogens (tertiary/aromatic N) is 1. The van der Waals surface area contributed by atoms with Crippen molar-refractivity contribution >= 4 is 17.5 Å². The molecule has 0 aromatic carbocycles. The van der Waals surface area contributed by atoms with Crippen molar-refractivity contribution in [3.05, 3.63) is 12.7 Å². The number of allylic oxidation sites excluding steroid dienone is 1. The van der Waals surface area contributed by atoms with Crippen LogP contribution < -0.4 is 0 Å². The van der Waals surface area contributed by atoms with Crippen molar-refractivity contribution in [2.75, 3.05) is 21.0 Å². The third-order valence-corrected chi connectivity index (χ3v) is 6.98. The largest absolute Gasteiger partial charge is 0.459 e. The Labute approximate surface area is 203 Å². The Morgan fingerprint density at radius 1 is 1.21 bits per heavy atom. The number of ether oxygens (including phenoxy) is 3. The third-order valence-electron chi connectivity index (χ3n) is 6.98. The number of hydrogen-bond donors (Lipinski definition) is 2. The van der Waals surface area contributed by atoms with Crippen LogP contribution >= 0.6 is 0 Å². The predicted molar refractivity (Wildman–Crippen MR) is 128 cm³/mol. The van der Waals surface area contributed by atoms with Crippen LogP contribution in [0.25, 0.3) is 0 Å². The molecule has 0 radical (unpaired) electrons. The van der Waals surface area contributed by atoms with E-state index in [2.05, 4.69) is 11.7 Å². The zero-order chi connectivity index (χ0) is 26.3. The first-order valence-electron chi connectivity index (χ1n) is 11.8. The Hall–Kier alpha value is -1.81. The normalized spacial score (nSPS) is 39.9. The molecule has 0 amide bonds. The topological polar surface area (TPSA) is 124 Å². The van der Waals surface area contributed by atoms with Crippen molar-refractivity contribution in [2.24, 2.45) is 28.8 Å². The molecule has 196 valence electrons. The first kappa shape index (κ1) is 30.2. The van der Waals surface area contributed by atoms with E-state index in [1.54, 1.807) is 21.0 Å². The maximum atomic E-state index is 13.2. The third kappa shape index (κ3) is 7.10. The monoisotopic (exact) mass is 485 g/mol. The first-order valence-corrected chi connectivity index (χ1v) is 11.8. The van der Waals surface area contributed by atoms with Gasteiger partial charge in [0.2, 0.25) is 6.79 Å². The molecule has 34 heavy (non-hydrogen) atoms. The minimum absolute atomic E-state index is 0.0862. The summed E-state index contributed by atoms with van der Waals surface area (Å²) in [4.78, 5) is 31.3. The second kappa shape index (κ2) is 12.8. The average molecular weight is 486 g/mol. The van der Waals surface area contributed by atoms with E-state index in [0.717, 1.165) is 0 Å². The number of carbonyl (C=O) groups excluding carboxylic acids is 2. The summed E-state index contributed by atoms with van der Waals surface area (Å²) in [6, 6.07) is 0. The zero-order valence-corrected chi connectivity index (χ0v) is 21.9. The van der Waals surface area contributed by atoms with Gasteiger partial charge in [-0.15, -0.1) is 6.58 Å². The molecule has 1 aliphatic heterocycles. The quantitative estimate of drug-likeness (QED) is 0.147. The Bertz CT molecular complexity index is 736. The van der Waals surface area contributed by atoms with Gasteiger partial charge in [-0.2, -0.15) is 0 Å². The van der Waals surface area contributed by atoms with Crippen molar-refractivity contribution in [1.29, 1.82) is 0 Å². The molecule has 0 aliphatic carbocycles. The SMILES string of the molecule is C=C[C@@H]1C[C@](C)(OC)C[C@@H](C)/C(=N\OCOC)[C@H](C)[C@@H](O)[C@](C)(O)[C@@H](CC)OC(=O)[C@H](C)C1=O. The summed E-state index contributed by atoms with van der Waals surface area (Å²) >= 11 is 0. The van der Waals surface area contributed by atoms with Crippen molar-refractivity contribution < 1.29 is 38.9 Å². The van der Waals surface area contributed by atoms with E-state index < -0.39 is 47.1 Å². The summed E-state index contributed by atoms with van der Waals surface area (Å²) < 4.78 is 16.3. The molecule has 1 rings (SSSR count). The van der Waals surface area contributed by atoms with Crippen LogP contribution in [0.5, 0.6) is 0 Å². The van der Waals surface area contributed by atoms with E-state index in [1.807, 2.05) is 13.8 Å². The van der Waals surface area contributed by atoms with Crippen molar-refractivity contribution in [2.45, 2.75) is 84.2 Å². The molecule has 0 aromatic heterocycles. The number of ketones is 1. The van der Waals surface area contributed by atoms with Gasteiger partial charge in [0, 0.05) is 32.0 Å². The summed E-state index contributed by atoms with van der Waals surface area (Å²) in [6.07, 6.45) is 0.103. The van der Waals surface area contributed by atoms with E-state index in [4.69, 9.17) is 19.0 Å². The second-order valence-electron chi connectivity index (χ2n) is 9.77. The van der Waals surface area contributed by atoms with Gasteiger partial charge in [-0.3, -0.25) is 9.59 Å². The van der Waals surface area contributed by atoms with Crippen molar-refractivity contribution in [3.8, 4) is 0 Å². The molecule has 9 nitrogen and oxygen atoms in total. The summed E-state index contributed by atoms with van der Waals surface area (Å²) in [7, 11) is 3.03. The Kier molecular flexibility index (Phi) is 11.3. The fourth-order valence-corrected chi connectivity index (χ4v) is 4.70. The standard InChI is InChI=1S/C25H43NO8/c1-10-18-13-24(6,32-9)12-15(3)20(26-33-14-31-8)16(4)22(28)25(7,30)19(11-2)34-23(29)17(5)21(18)27/h10,15-19,22,28,30H,1,11-14H2,2-9H3/b26-20+/t15-,16+,17-,18-,19-,22-,24-,25-/m1/s1. The van der Waals surface area contributed by atoms with Gasteiger partial charge in [0.1, 0.15) is 17.6 Å². The smallest absolute Gasteiger partial charge is 0.316 e. The fourth-order valence-electron chi connectivity index (χ4n) is 4.70. The summed E-state index contributed by atoms with van der Waals surface area (Å²) in [6.45, 7) is 13.9. The lowest BCUT2D eigenvalue weighted by Gasteiger charge is -2.41. The Morgan fingerprint density at radius 3 is 2.32 bits per heavy atom. The van der Waals surface area contributed by atoms with Gasteiger partial charge >= 0.3 is 5.97 Å². The van der Waals surface area contributed by atoms with E-state index in [-0.39, 0.29) is 24.9 Å². The highest BCUT2D eigenvalue weighted by Gasteiger charge is 2.47. The van der Waals surface area contributed by atoms with Crippen LogP contribution in [0.4, 0.5) is 0 Å². The van der Waals surface area contributed by atoms with E-state index in [0.29, 0.717) is 18.6 Å². The van der Waals surface area contributed by atoms with Crippen LogP contribution in [0.2, 0.25) is 0 Å². The van der Waals surface area contributed by atoms with Gasteiger partial charge in [0.05, 0.1) is 17.4 Å².